The molecule has 1 fully saturated rings. The topological polar surface area (TPSA) is 61.9 Å². The summed E-state index contributed by atoms with van der Waals surface area (Å²) in [5, 5.41) is 0.656. The number of carbonyl (C=O) groups is 1. The van der Waals surface area contributed by atoms with Gasteiger partial charge in [0.25, 0.3) is 12.3 Å². The molecular formula is C28H35ClF2N4O. The number of likely N-dealkylation sites (N-methyl/N-ethyl adjacent to an activating group) is 1. The predicted molar refractivity (Wildman–Crippen MR) is 141 cm³/mol. The highest BCUT2D eigenvalue weighted by molar-refractivity contribution is 6.30. The van der Waals surface area contributed by atoms with Crippen molar-refractivity contribution in [2.45, 2.75) is 57.4 Å². The lowest BCUT2D eigenvalue weighted by atomic mass is 9.84. The average molecular weight is 517 g/mol. The third-order valence-corrected chi connectivity index (χ3v) is 7.84. The molecule has 0 spiro atoms. The van der Waals surface area contributed by atoms with Crippen LogP contribution in [0.3, 0.4) is 0 Å². The number of nitrogens with zero attached hydrogens (tertiary/aromatic N) is 3. The number of alkyl halides is 2. The maximum atomic E-state index is 13.2. The average Bonchev–Trinajstić information content (AvgIpc) is 3.05. The lowest BCUT2D eigenvalue weighted by Crippen LogP contribution is -2.39. The molecule has 2 N–H and O–H groups in total. The molecule has 5 nitrogen and oxygen atoms in total. The zero-order chi connectivity index (χ0) is 25.9. The number of likely N-dealkylation sites (tertiary alicyclic amines) is 1. The van der Waals surface area contributed by atoms with Gasteiger partial charge in [-0.2, -0.15) is 0 Å². The standard InChI is InChI=1S/C28H35ClF2N4O/c1-28(26(36)34(2)27(32)33-28)24-17-22(21-8-5-9-23(29)16-21)11-10-20(24)7-4-3-6-19-12-14-35(15-13-19)18-25(30)31/h5,8-11,16-17,19,25H,3-4,6-7,12-15,18H2,1-2H3,(H2,32,33)/t28-/m0/s1. The van der Waals surface area contributed by atoms with Crippen LogP contribution in [0.4, 0.5) is 8.78 Å². The highest BCUT2D eigenvalue weighted by Crippen LogP contribution is 2.37. The number of piperidine rings is 1. The van der Waals surface area contributed by atoms with Gasteiger partial charge < -0.3 is 5.73 Å². The summed E-state index contributed by atoms with van der Waals surface area (Å²) in [6.07, 6.45) is 3.69. The summed E-state index contributed by atoms with van der Waals surface area (Å²) < 4.78 is 25.2. The molecule has 1 atom stereocenters. The minimum atomic E-state index is -2.26. The van der Waals surface area contributed by atoms with Gasteiger partial charge in [-0.15, -0.1) is 0 Å². The van der Waals surface area contributed by atoms with Crippen LogP contribution in [-0.2, 0) is 16.8 Å². The lowest BCUT2D eigenvalue weighted by molar-refractivity contribution is -0.130. The minimum absolute atomic E-state index is 0.111. The molecule has 2 aliphatic rings. The highest BCUT2D eigenvalue weighted by Gasteiger charge is 2.45. The monoisotopic (exact) mass is 516 g/mol. The van der Waals surface area contributed by atoms with Crippen molar-refractivity contribution in [2.75, 3.05) is 26.7 Å². The molecule has 0 aliphatic carbocycles. The number of unbranched alkanes of at least 4 members (excludes halogenated alkanes) is 1. The van der Waals surface area contributed by atoms with Crippen molar-refractivity contribution in [2.24, 2.45) is 16.6 Å². The van der Waals surface area contributed by atoms with Gasteiger partial charge in [0.15, 0.2) is 11.5 Å². The van der Waals surface area contributed by atoms with Crippen LogP contribution in [0.1, 0.15) is 50.2 Å². The molecule has 0 bridgehead atoms. The van der Waals surface area contributed by atoms with Crippen LogP contribution >= 0.6 is 11.6 Å². The number of hydrogen-bond acceptors (Lipinski definition) is 4. The summed E-state index contributed by atoms with van der Waals surface area (Å²) >= 11 is 6.23. The van der Waals surface area contributed by atoms with Crippen molar-refractivity contribution in [3.05, 3.63) is 58.6 Å². The van der Waals surface area contributed by atoms with Gasteiger partial charge in [0.1, 0.15) is 0 Å². The zero-order valence-corrected chi connectivity index (χ0v) is 21.8. The second kappa shape index (κ2) is 11.3. The lowest BCUT2D eigenvalue weighted by Gasteiger charge is -2.31. The van der Waals surface area contributed by atoms with E-state index in [1.807, 2.05) is 42.2 Å². The second-order valence-electron chi connectivity index (χ2n) is 10.2. The number of amides is 1. The third kappa shape index (κ3) is 5.89. The number of aryl methyl sites for hydroxylation is 1. The molecule has 1 saturated heterocycles. The first kappa shape index (κ1) is 26.6. The Balaban J connectivity index is 1.47. The van der Waals surface area contributed by atoms with Gasteiger partial charge in [0.2, 0.25) is 0 Å². The summed E-state index contributed by atoms with van der Waals surface area (Å²) in [4.78, 5) is 21.0. The fourth-order valence-corrected chi connectivity index (χ4v) is 5.64. The fourth-order valence-electron chi connectivity index (χ4n) is 5.45. The second-order valence-corrected chi connectivity index (χ2v) is 10.6. The summed E-state index contributed by atoms with van der Waals surface area (Å²) in [5.41, 5.74) is 8.89. The molecule has 0 aromatic heterocycles. The third-order valence-electron chi connectivity index (χ3n) is 7.61. The molecular weight excluding hydrogens is 482 g/mol. The maximum Gasteiger partial charge on any atom is 0.261 e. The summed E-state index contributed by atoms with van der Waals surface area (Å²) in [7, 11) is 1.65. The van der Waals surface area contributed by atoms with E-state index in [4.69, 9.17) is 17.3 Å². The van der Waals surface area contributed by atoms with E-state index in [0.29, 0.717) is 10.9 Å². The van der Waals surface area contributed by atoms with Crippen molar-refractivity contribution in [1.82, 2.24) is 9.80 Å². The quantitative estimate of drug-likeness (QED) is 0.435. The minimum Gasteiger partial charge on any atom is -0.369 e. The van der Waals surface area contributed by atoms with Crippen LogP contribution in [0.25, 0.3) is 11.1 Å². The number of carbonyl (C=O) groups excluding carboxylic acids is 1. The Morgan fingerprint density at radius 3 is 2.50 bits per heavy atom. The normalized spacial score (nSPS) is 21.4. The van der Waals surface area contributed by atoms with E-state index >= 15 is 0 Å². The molecule has 0 unspecified atom stereocenters. The van der Waals surface area contributed by atoms with E-state index < -0.39 is 12.0 Å². The molecule has 0 radical (unpaired) electrons. The van der Waals surface area contributed by atoms with Crippen LogP contribution < -0.4 is 5.73 Å². The molecule has 2 heterocycles. The van der Waals surface area contributed by atoms with E-state index in [9.17, 15) is 13.6 Å². The Kier molecular flexibility index (Phi) is 8.30. The molecule has 8 heteroatoms. The van der Waals surface area contributed by atoms with E-state index in [1.165, 1.54) is 4.90 Å². The molecule has 2 aliphatic heterocycles. The summed E-state index contributed by atoms with van der Waals surface area (Å²) in [6, 6.07) is 13.9. The summed E-state index contributed by atoms with van der Waals surface area (Å²) in [5.74, 6) is 0.676. The van der Waals surface area contributed by atoms with Crippen molar-refractivity contribution in [1.29, 1.82) is 0 Å². The van der Waals surface area contributed by atoms with E-state index in [-0.39, 0.29) is 18.4 Å². The van der Waals surface area contributed by atoms with E-state index in [0.717, 1.165) is 73.9 Å². The van der Waals surface area contributed by atoms with Crippen LogP contribution in [0, 0.1) is 5.92 Å². The first-order valence-electron chi connectivity index (χ1n) is 12.7. The van der Waals surface area contributed by atoms with Gasteiger partial charge in [-0.05, 0) is 92.1 Å². The molecule has 1 amide bonds. The fraction of sp³-hybridized carbons (Fsp3) is 0.500. The SMILES string of the molecule is CN1C(=O)[C@](C)(c2cc(-c3cccc(Cl)c3)ccc2CCCCC2CCN(CC(F)F)CC2)N=C1N. The van der Waals surface area contributed by atoms with Gasteiger partial charge in [-0.25, -0.2) is 13.8 Å². The predicted octanol–water partition coefficient (Wildman–Crippen LogP) is 5.70. The van der Waals surface area contributed by atoms with Gasteiger partial charge in [-0.1, -0.05) is 48.7 Å². The van der Waals surface area contributed by atoms with Gasteiger partial charge in [-0.3, -0.25) is 14.6 Å². The molecule has 2 aromatic rings. The Hall–Kier alpha value is -2.51. The smallest absolute Gasteiger partial charge is 0.261 e. The largest absolute Gasteiger partial charge is 0.369 e. The highest BCUT2D eigenvalue weighted by atomic mass is 35.5. The number of aliphatic imine (C=N–C) groups is 1. The zero-order valence-electron chi connectivity index (χ0n) is 21.0. The maximum absolute atomic E-state index is 13.2. The molecule has 194 valence electrons. The van der Waals surface area contributed by atoms with E-state index in [2.05, 4.69) is 17.1 Å². The number of nitrogens with two attached hydrogens (primary N) is 1. The van der Waals surface area contributed by atoms with Crippen molar-refractivity contribution >= 4 is 23.5 Å². The van der Waals surface area contributed by atoms with Gasteiger partial charge >= 0.3 is 0 Å². The van der Waals surface area contributed by atoms with Crippen molar-refractivity contribution in [3.63, 3.8) is 0 Å². The number of rotatable bonds is 9. The van der Waals surface area contributed by atoms with Crippen LogP contribution in [-0.4, -0.2) is 54.8 Å². The first-order valence-corrected chi connectivity index (χ1v) is 13.1. The van der Waals surface area contributed by atoms with Gasteiger partial charge in [0.05, 0.1) is 6.54 Å². The first-order chi connectivity index (χ1) is 17.2. The van der Waals surface area contributed by atoms with Crippen molar-refractivity contribution in [3.8, 4) is 11.1 Å². The number of halogens is 3. The number of hydrogen-bond donors (Lipinski definition) is 1. The van der Waals surface area contributed by atoms with Gasteiger partial charge in [0, 0.05) is 12.1 Å². The Bertz CT molecular complexity index is 1120. The number of benzene rings is 2. The number of guanidine groups is 1. The van der Waals surface area contributed by atoms with Crippen molar-refractivity contribution < 1.29 is 13.6 Å². The van der Waals surface area contributed by atoms with Crippen LogP contribution in [0.2, 0.25) is 5.02 Å². The van der Waals surface area contributed by atoms with E-state index in [1.54, 1.807) is 7.05 Å². The molecule has 2 aromatic carbocycles. The Labute approximate surface area is 217 Å². The Morgan fingerprint density at radius 1 is 1.14 bits per heavy atom. The summed E-state index contributed by atoms with van der Waals surface area (Å²) in [6.45, 7) is 3.24. The molecule has 36 heavy (non-hydrogen) atoms. The molecule has 4 rings (SSSR count). The van der Waals surface area contributed by atoms with Crippen LogP contribution in [0.15, 0.2) is 47.5 Å². The Morgan fingerprint density at radius 2 is 1.86 bits per heavy atom. The molecule has 0 saturated carbocycles. The van der Waals surface area contributed by atoms with Crippen LogP contribution in [0.5, 0.6) is 0 Å².